The summed E-state index contributed by atoms with van der Waals surface area (Å²) in [5, 5.41) is 0. The van der Waals surface area contributed by atoms with Gasteiger partial charge in [-0.2, -0.15) is 0 Å². The van der Waals surface area contributed by atoms with Crippen LogP contribution in [0.2, 0.25) is 0 Å². The number of hydrogen-bond donors (Lipinski definition) is 2. The summed E-state index contributed by atoms with van der Waals surface area (Å²) in [4.78, 5) is 23.4. The van der Waals surface area contributed by atoms with Gasteiger partial charge in [0.25, 0.3) is 11.8 Å². The van der Waals surface area contributed by atoms with Crippen molar-refractivity contribution in [3.05, 3.63) is 58.1 Å². The minimum atomic E-state index is -0.466. The molecule has 7 heteroatoms. The maximum Gasteiger partial charge on any atom is 0.276 e. The Labute approximate surface area is 161 Å². The van der Waals surface area contributed by atoms with E-state index in [1.807, 2.05) is 31.2 Å². The molecule has 0 aromatic heterocycles. The van der Waals surface area contributed by atoms with Crippen LogP contribution in [-0.4, -0.2) is 25.0 Å². The lowest BCUT2D eigenvalue weighted by molar-refractivity contribution is -0.131. The summed E-state index contributed by atoms with van der Waals surface area (Å²) in [6.45, 7) is 3.58. The van der Waals surface area contributed by atoms with Gasteiger partial charge in [-0.05, 0) is 54.8 Å². The Morgan fingerprint density at radius 1 is 0.923 bits per heavy atom. The largest absolute Gasteiger partial charge is 0.484 e. The molecule has 0 aliphatic carbocycles. The average molecular weight is 421 g/mol. The monoisotopic (exact) mass is 420 g/mol. The number of carbonyl (C=O) groups excluding carboxylic acids is 2. The number of carbonyl (C=O) groups is 2. The van der Waals surface area contributed by atoms with E-state index in [2.05, 4.69) is 33.7 Å². The summed E-state index contributed by atoms with van der Waals surface area (Å²) in [5.74, 6) is 0.243. The molecule has 2 aromatic rings. The summed E-state index contributed by atoms with van der Waals surface area (Å²) in [7, 11) is 0. The first-order valence-corrected chi connectivity index (χ1v) is 8.95. The van der Waals surface area contributed by atoms with Crippen LogP contribution in [-0.2, 0) is 16.0 Å². The minimum absolute atomic E-state index is 0.196. The number of nitrogens with one attached hydrogen (secondary N) is 2. The summed E-state index contributed by atoms with van der Waals surface area (Å²) in [6.07, 6.45) is 0.939. The first-order valence-electron chi connectivity index (χ1n) is 8.16. The van der Waals surface area contributed by atoms with E-state index in [1.54, 1.807) is 18.2 Å². The highest BCUT2D eigenvalue weighted by Gasteiger charge is 2.07. The molecule has 0 unspecified atom stereocenters. The van der Waals surface area contributed by atoms with Crippen molar-refractivity contribution < 1.29 is 19.1 Å². The molecule has 26 heavy (non-hydrogen) atoms. The third kappa shape index (κ3) is 6.40. The number of halogens is 1. The maximum absolute atomic E-state index is 11.7. The number of benzene rings is 2. The molecule has 0 atom stereocenters. The van der Waals surface area contributed by atoms with E-state index < -0.39 is 11.8 Å². The summed E-state index contributed by atoms with van der Waals surface area (Å²) < 4.78 is 11.7. The number of hydrazine groups is 1. The van der Waals surface area contributed by atoms with Crippen molar-refractivity contribution in [2.75, 3.05) is 13.2 Å². The van der Waals surface area contributed by atoms with Crippen molar-refractivity contribution in [1.82, 2.24) is 10.9 Å². The standard InChI is InChI=1S/C19H21BrN2O4/c1-3-14-4-6-15(7-5-14)25-11-18(23)21-22-19(24)12-26-16-8-9-17(20)13(2)10-16/h4-10H,3,11-12H2,1-2H3,(H,21,23)(H,22,24). The molecular formula is C19H21BrN2O4. The molecule has 0 saturated heterocycles. The molecule has 2 amide bonds. The second-order valence-corrected chi connectivity index (χ2v) is 6.44. The van der Waals surface area contributed by atoms with Gasteiger partial charge in [0.2, 0.25) is 0 Å². The van der Waals surface area contributed by atoms with Crippen LogP contribution >= 0.6 is 15.9 Å². The third-order valence-corrected chi connectivity index (χ3v) is 4.43. The van der Waals surface area contributed by atoms with Crippen LogP contribution in [0, 0.1) is 6.92 Å². The van der Waals surface area contributed by atoms with Crippen LogP contribution in [0.25, 0.3) is 0 Å². The zero-order valence-corrected chi connectivity index (χ0v) is 16.3. The van der Waals surface area contributed by atoms with Gasteiger partial charge >= 0.3 is 0 Å². The van der Waals surface area contributed by atoms with E-state index in [9.17, 15) is 9.59 Å². The highest BCUT2D eigenvalue weighted by atomic mass is 79.9. The van der Waals surface area contributed by atoms with E-state index in [1.165, 1.54) is 5.56 Å². The first-order chi connectivity index (χ1) is 12.5. The van der Waals surface area contributed by atoms with Gasteiger partial charge in [0.15, 0.2) is 13.2 Å². The normalized spacial score (nSPS) is 10.1. The van der Waals surface area contributed by atoms with Gasteiger partial charge in [-0.3, -0.25) is 20.4 Å². The summed E-state index contributed by atoms with van der Waals surface area (Å²) in [6, 6.07) is 12.9. The molecule has 2 rings (SSSR count). The van der Waals surface area contributed by atoms with Crippen molar-refractivity contribution in [2.24, 2.45) is 0 Å². The third-order valence-electron chi connectivity index (χ3n) is 3.54. The Kier molecular flexibility index (Phi) is 7.47. The molecule has 0 radical (unpaired) electrons. The maximum atomic E-state index is 11.7. The van der Waals surface area contributed by atoms with Gasteiger partial charge in [0, 0.05) is 4.47 Å². The fourth-order valence-electron chi connectivity index (χ4n) is 2.04. The number of rotatable bonds is 7. The van der Waals surface area contributed by atoms with Crippen LogP contribution in [0.15, 0.2) is 46.9 Å². The lowest BCUT2D eigenvalue weighted by Gasteiger charge is -2.10. The molecule has 2 N–H and O–H groups in total. The van der Waals surface area contributed by atoms with Crippen LogP contribution < -0.4 is 20.3 Å². The Morgan fingerprint density at radius 2 is 1.46 bits per heavy atom. The lowest BCUT2D eigenvalue weighted by Crippen LogP contribution is -2.45. The molecule has 0 bridgehead atoms. The molecule has 0 aliphatic heterocycles. The van der Waals surface area contributed by atoms with Crippen LogP contribution in [0.5, 0.6) is 11.5 Å². The van der Waals surface area contributed by atoms with E-state index >= 15 is 0 Å². The van der Waals surface area contributed by atoms with Crippen LogP contribution in [0.3, 0.4) is 0 Å². The van der Waals surface area contributed by atoms with Crippen molar-refractivity contribution in [3.63, 3.8) is 0 Å². The first kappa shape index (κ1) is 19.8. The molecule has 2 aromatic carbocycles. The van der Waals surface area contributed by atoms with Gasteiger partial charge in [-0.15, -0.1) is 0 Å². The average Bonchev–Trinajstić information content (AvgIpc) is 2.66. The van der Waals surface area contributed by atoms with E-state index in [0.29, 0.717) is 11.5 Å². The predicted octanol–water partition coefficient (Wildman–Crippen LogP) is 2.93. The highest BCUT2D eigenvalue weighted by molar-refractivity contribution is 9.10. The van der Waals surface area contributed by atoms with Gasteiger partial charge in [0.05, 0.1) is 0 Å². The van der Waals surface area contributed by atoms with Crippen LogP contribution in [0.4, 0.5) is 0 Å². The Balaban J connectivity index is 1.67. The van der Waals surface area contributed by atoms with Crippen molar-refractivity contribution in [1.29, 1.82) is 0 Å². The number of hydrogen-bond acceptors (Lipinski definition) is 4. The van der Waals surface area contributed by atoms with Gasteiger partial charge in [-0.1, -0.05) is 35.0 Å². The fraction of sp³-hybridized carbons (Fsp3) is 0.263. The molecule has 0 aliphatic rings. The Hall–Kier alpha value is -2.54. The molecule has 0 spiro atoms. The predicted molar refractivity (Wildman–Crippen MR) is 102 cm³/mol. The molecule has 0 heterocycles. The van der Waals surface area contributed by atoms with Gasteiger partial charge in [0.1, 0.15) is 11.5 Å². The summed E-state index contributed by atoms with van der Waals surface area (Å²) >= 11 is 3.39. The van der Waals surface area contributed by atoms with E-state index in [0.717, 1.165) is 16.5 Å². The molecule has 138 valence electrons. The molecule has 0 saturated carbocycles. The SMILES string of the molecule is CCc1ccc(OCC(=O)NNC(=O)COc2ccc(Br)c(C)c2)cc1. The van der Waals surface area contributed by atoms with Crippen LogP contribution in [0.1, 0.15) is 18.1 Å². The number of aryl methyl sites for hydroxylation is 2. The quantitative estimate of drug-likeness (QED) is 0.675. The van der Waals surface area contributed by atoms with Crippen molar-refractivity contribution in [3.8, 4) is 11.5 Å². The Bertz CT molecular complexity index is 763. The van der Waals surface area contributed by atoms with E-state index in [4.69, 9.17) is 9.47 Å². The van der Waals surface area contributed by atoms with Crippen molar-refractivity contribution >= 4 is 27.7 Å². The lowest BCUT2D eigenvalue weighted by atomic mass is 10.2. The second kappa shape index (κ2) is 9.82. The minimum Gasteiger partial charge on any atom is -0.484 e. The molecule has 6 nitrogen and oxygen atoms in total. The fourth-order valence-corrected chi connectivity index (χ4v) is 2.28. The topological polar surface area (TPSA) is 76.7 Å². The molecular weight excluding hydrogens is 400 g/mol. The van der Waals surface area contributed by atoms with Gasteiger partial charge < -0.3 is 9.47 Å². The molecule has 0 fully saturated rings. The number of ether oxygens (including phenoxy) is 2. The highest BCUT2D eigenvalue weighted by Crippen LogP contribution is 2.21. The summed E-state index contributed by atoms with van der Waals surface area (Å²) in [5.41, 5.74) is 6.75. The van der Waals surface area contributed by atoms with Crippen molar-refractivity contribution in [2.45, 2.75) is 20.3 Å². The zero-order valence-electron chi connectivity index (χ0n) is 14.7. The zero-order chi connectivity index (χ0) is 18.9. The smallest absolute Gasteiger partial charge is 0.276 e. The van der Waals surface area contributed by atoms with E-state index in [-0.39, 0.29) is 13.2 Å². The van der Waals surface area contributed by atoms with Gasteiger partial charge in [-0.25, -0.2) is 0 Å². The number of amides is 2. The second-order valence-electron chi connectivity index (χ2n) is 5.58. The Morgan fingerprint density at radius 3 is 2.00 bits per heavy atom.